The van der Waals surface area contributed by atoms with Crippen molar-refractivity contribution in [2.24, 2.45) is 0 Å². The second-order valence-electron chi connectivity index (χ2n) is 2.90. The molecule has 0 aromatic heterocycles. The van der Waals surface area contributed by atoms with Gasteiger partial charge in [-0.05, 0) is 12.1 Å². The van der Waals surface area contributed by atoms with E-state index < -0.39 is 0 Å². The fraction of sp³-hybridized carbons (Fsp3) is 0.300. The van der Waals surface area contributed by atoms with E-state index in [0.29, 0.717) is 23.0 Å². The molecule has 0 bridgehead atoms. The second-order valence-corrected chi connectivity index (χ2v) is 3.68. The van der Waals surface area contributed by atoms with Crippen LogP contribution < -0.4 is 0 Å². The molecule has 0 saturated carbocycles. The quantitative estimate of drug-likeness (QED) is 0.733. The predicted octanol–water partition coefficient (Wildman–Crippen LogP) is 2.65. The molecule has 1 amide bonds. The lowest BCUT2D eigenvalue weighted by atomic mass is 10.2. The molecule has 4 heteroatoms. The molecule has 0 heterocycles. The van der Waals surface area contributed by atoms with Crippen LogP contribution in [0.2, 0.25) is 5.02 Å². The number of amides is 1. The third-order valence-corrected chi connectivity index (χ3v) is 2.37. The van der Waals surface area contributed by atoms with Crippen molar-refractivity contribution >= 4 is 29.1 Å². The summed E-state index contributed by atoms with van der Waals surface area (Å²) in [4.78, 5) is 13.3. The Morgan fingerprint density at radius 3 is 2.64 bits per heavy atom. The molecule has 0 spiro atoms. The third-order valence-electron chi connectivity index (χ3n) is 1.87. The summed E-state index contributed by atoms with van der Waals surface area (Å²) in [7, 11) is 1.70. The first-order valence-corrected chi connectivity index (χ1v) is 5.14. The van der Waals surface area contributed by atoms with E-state index >= 15 is 0 Å². The summed E-state index contributed by atoms with van der Waals surface area (Å²) >= 11 is 11.4. The number of rotatable bonds is 3. The molecule has 14 heavy (non-hydrogen) atoms. The van der Waals surface area contributed by atoms with Crippen LogP contribution in [0.1, 0.15) is 10.4 Å². The van der Waals surface area contributed by atoms with Crippen molar-refractivity contribution < 1.29 is 4.79 Å². The number of nitrogens with zero attached hydrogens (tertiary/aromatic N) is 1. The Labute approximate surface area is 93.4 Å². The van der Waals surface area contributed by atoms with Gasteiger partial charge in [-0.1, -0.05) is 23.7 Å². The van der Waals surface area contributed by atoms with E-state index in [-0.39, 0.29) is 5.91 Å². The second kappa shape index (κ2) is 5.23. The molecule has 0 aliphatic carbocycles. The van der Waals surface area contributed by atoms with Crippen molar-refractivity contribution in [2.75, 3.05) is 19.5 Å². The Morgan fingerprint density at radius 1 is 1.43 bits per heavy atom. The van der Waals surface area contributed by atoms with Gasteiger partial charge in [-0.3, -0.25) is 4.79 Å². The summed E-state index contributed by atoms with van der Waals surface area (Å²) in [6.45, 7) is 0.519. The molecule has 0 unspecified atom stereocenters. The highest BCUT2D eigenvalue weighted by molar-refractivity contribution is 6.33. The summed E-state index contributed by atoms with van der Waals surface area (Å²) in [6, 6.07) is 6.98. The number of hydrogen-bond donors (Lipinski definition) is 0. The molecule has 0 atom stereocenters. The molecule has 0 fully saturated rings. The molecule has 2 nitrogen and oxygen atoms in total. The van der Waals surface area contributed by atoms with Gasteiger partial charge in [-0.25, -0.2) is 0 Å². The van der Waals surface area contributed by atoms with E-state index in [1.165, 1.54) is 0 Å². The Hall–Kier alpha value is -0.730. The van der Waals surface area contributed by atoms with Crippen molar-refractivity contribution in [3.8, 4) is 0 Å². The van der Waals surface area contributed by atoms with Crippen molar-refractivity contribution in [3.63, 3.8) is 0 Å². The van der Waals surface area contributed by atoms with Gasteiger partial charge in [0, 0.05) is 19.5 Å². The number of benzene rings is 1. The van der Waals surface area contributed by atoms with Gasteiger partial charge in [0.25, 0.3) is 5.91 Å². The Balaban J connectivity index is 2.84. The van der Waals surface area contributed by atoms with Gasteiger partial charge in [0.2, 0.25) is 0 Å². The van der Waals surface area contributed by atoms with Gasteiger partial charge in [0.15, 0.2) is 0 Å². The smallest absolute Gasteiger partial charge is 0.255 e. The SMILES string of the molecule is CN(CCCl)C(=O)c1ccccc1Cl. The number of carbonyl (C=O) groups excluding carboxylic acids is 1. The number of halogens is 2. The van der Waals surface area contributed by atoms with Gasteiger partial charge in [0.05, 0.1) is 10.6 Å². The highest BCUT2D eigenvalue weighted by Crippen LogP contribution is 2.16. The highest BCUT2D eigenvalue weighted by Gasteiger charge is 2.13. The standard InChI is InChI=1S/C10H11Cl2NO/c1-13(7-6-11)10(14)8-4-2-3-5-9(8)12/h2-5H,6-7H2,1H3. The summed E-state index contributed by atoms with van der Waals surface area (Å²) in [5.41, 5.74) is 0.516. The van der Waals surface area contributed by atoms with Crippen molar-refractivity contribution in [2.45, 2.75) is 0 Å². The van der Waals surface area contributed by atoms with E-state index in [1.807, 2.05) is 0 Å². The predicted molar refractivity (Wildman–Crippen MR) is 59.1 cm³/mol. The molecule has 1 aromatic rings. The molecule has 0 saturated heterocycles. The molecular formula is C10H11Cl2NO. The van der Waals surface area contributed by atoms with E-state index in [1.54, 1.807) is 36.2 Å². The first-order chi connectivity index (χ1) is 6.66. The number of alkyl halides is 1. The van der Waals surface area contributed by atoms with Crippen LogP contribution >= 0.6 is 23.2 Å². The molecule has 0 radical (unpaired) electrons. The number of carbonyl (C=O) groups is 1. The summed E-state index contributed by atoms with van der Waals surface area (Å²) in [5.74, 6) is 0.323. The minimum Gasteiger partial charge on any atom is -0.340 e. The maximum atomic E-state index is 11.7. The lowest BCUT2D eigenvalue weighted by molar-refractivity contribution is 0.0803. The Kier molecular flexibility index (Phi) is 4.23. The van der Waals surface area contributed by atoms with Crippen molar-refractivity contribution in [1.82, 2.24) is 4.90 Å². The Morgan fingerprint density at radius 2 is 2.07 bits per heavy atom. The molecular weight excluding hydrogens is 221 g/mol. The Bertz CT molecular complexity index is 328. The average molecular weight is 232 g/mol. The van der Waals surface area contributed by atoms with Crippen LogP contribution in [-0.4, -0.2) is 30.3 Å². The van der Waals surface area contributed by atoms with Crippen LogP contribution in [0, 0.1) is 0 Å². The zero-order valence-corrected chi connectivity index (χ0v) is 9.35. The number of hydrogen-bond acceptors (Lipinski definition) is 1. The average Bonchev–Trinajstić information content (AvgIpc) is 2.18. The lowest BCUT2D eigenvalue weighted by Crippen LogP contribution is -2.28. The highest BCUT2D eigenvalue weighted by atomic mass is 35.5. The maximum Gasteiger partial charge on any atom is 0.255 e. The van der Waals surface area contributed by atoms with Crippen LogP contribution in [0.25, 0.3) is 0 Å². The van der Waals surface area contributed by atoms with Crippen molar-refractivity contribution in [3.05, 3.63) is 34.9 Å². The largest absolute Gasteiger partial charge is 0.340 e. The van der Waals surface area contributed by atoms with Gasteiger partial charge in [-0.2, -0.15) is 0 Å². The van der Waals surface area contributed by atoms with Crippen LogP contribution in [0.4, 0.5) is 0 Å². The zero-order chi connectivity index (χ0) is 10.6. The first kappa shape index (κ1) is 11.3. The summed E-state index contributed by atoms with van der Waals surface area (Å²) < 4.78 is 0. The summed E-state index contributed by atoms with van der Waals surface area (Å²) in [6.07, 6.45) is 0. The normalized spacial score (nSPS) is 9.93. The van der Waals surface area contributed by atoms with Gasteiger partial charge >= 0.3 is 0 Å². The topological polar surface area (TPSA) is 20.3 Å². The van der Waals surface area contributed by atoms with Crippen LogP contribution in [0.5, 0.6) is 0 Å². The zero-order valence-electron chi connectivity index (χ0n) is 7.84. The third kappa shape index (κ3) is 2.63. The van der Waals surface area contributed by atoms with Crippen molar-refractivity contribution in [1.29, 1.82) is 0 Å². The van der Waals surface area contributed by atoms with E-state index in [0.717, 1.165) is 0 Å². The summed E-state index contributed by atoms with van der Waals surface area (Å²) in [5, 5.41) is 0.471. The molecule has 0 N–H and O–H groups in total. The van der Waals surface area contributed by atoms with E-state index in [4.69, 9.17) is 23.2 Å². The maximum absolute atomic E-state index is 11.7. The minimum atomic E-state index is -0.101. The van der Waals surface area contributed by atoms with Gasteiger partial charge in [0.1, 0.15) is 0 Å². The molecule has 1 rings (SSSR count). The molecule has 0 aliphatic heterocycles. The van der Waals surface area contributed by atoms with E-state index in [9.17, 15) is 4.79 Å². The lowest BCUT2D eigenvalue weighted by Gasteiger charge is -2.15. The van der Waals surface area contributed by atoms with Gasteiger partial charge in [-0.15, -0.1) is 11.6 Å². The van der Waals surface area contributed by atoms with E-state index in [2.05, 4.69) is 0 Å². The van der Waals surface area contributed by atoms with Crippen LogP contribution in [0.15, 0.2) is 24.3 Å². The fourth-order valence-corrected chi connectivity index (χ4v) is 1.54. The van der Waals surface area contributed by atoms with Crippen LogP contribution in [-0.2, 0) is 0 Å². The van der Waals surface area contributed by atoms with Crippen LogP contribution in [0.3, 0.4) is 0 Å². The first-order valence-electron chi connectivity index (χ1n) is 4.22. The minimum absolute atomic E-state index is 0.101. The molecule has 1 aromatic carbocycles. The fourth-order valence-electron chi connectivity index (χ4n) is 1.07. The monoisotopic (exact) mass is 231 g/mol. The molecule has 0 aliphatic rings. The van der Waals surface area contributed by atoms with Gasteiger partial charge < -0.3 is 4.90 Å². The molecule has 76 valence electrons.